The molecule has 0 aromatic rings. The Balaban J connectivity index is 3.74. The molecule has 0 aliphatic carbocycles. The van der Waals surface area contributed by atoms with Gasteiger partial charge in [0.1, 0.15) is 0 Å². The normalized spacial score (nSPS) is 13.1. The second-order valence-corrected chi connectivity index (χ2v) is 9.82. The molecule has 13 heavy (non-hydrogen) atoms. The molecule has 0 bridgehead atoms. The summed E-state index contributed by atoms with van der Waals surface area (Å²) in [5, 5.41) is 0. The van der Waals surface area contributed by atoms with Crippen LogP contribution in [0.2, 0.25) is 25.2 Å². The van der Waals surface area contributed by atoms with Crippen molar-refractivity contribution in [2.45, 2.75) is 39.0 Å². The summed E-state index contributed by atoms with van der Waals surface area (Å²) >= 11 is 0. The summed E-state index contributed by atoms with van der Waals surface area (Å²) in [7, 11) is 1.28. The number of hydrogen-bond acceptors (Lipinski definition) is 1. The smallest absolute Gasteiger partial charge is 0.0523 e. The van der Waals surface area contributed by atoms with Gasteiger partial charge in [-0.05, 0) is 39.1 Å². The zero-order chi connectivity index (χ0) is 10.3. The highest BCUT2D eigenvalue weighted by atomic mass is 28.3. The van der Waals surface area contributed by atoms with Crippen molar-refractivity contribution in [1.82, 2.24) is 4.90 Å². The summed E-state index contributed by atoms with van der Waals surface area (Å²) in [6.07, 6.45) is 4.51. The Labute approximate surface area is 84.8 Å². The van der Waals surface area contributed by atoms with E-state index in [1.54, 1.807) is 0 Å². The van der Waals surface area contributed by atoms with Crippen molar-refractivity contribution in [2.24, 2.45) is 0 Å². The van der Waals surface area contributed by atoms with Crippen LogP contribution in [0.5, 0.6) is 0 Å². The van der Waals surface area contributed by atoms with Crippen molar-refractivity contribution in [2.75, 3.05) is 20.1 Å². The maximum atomic E-state index is 2.48. The third-order valence-corrected chi connectivity index (χ3v) is 5.53. The first kappa shape index (κ1) is 12.9. The Bertz CT molecular complexity index is 152. The maximum absolute atomic E-state index is 2.48. The van der Waals surface area contributed by atoms with Crippen LogP contribution in [0.3, 0.4) is 0 Å². The highest BCUT2D eigenvalue weighted by molar-refractivity contribution is 6.77. The number of rotatable bonds is 6. The standard InChI is InChI=1S/C11H25NSi/c1-6-8-10-13(4,5)11-9-12(3)7-2/h6,8H,7,9-11H2,1-5H3. The molecule has 0 spiro atoms. The zero-order valence-corrected chi connectivity index (χ0v) is 10.9. The fraction of sp³-hybridized carbons (Fsp3) is 0.818. The maximum Gasteiger partial charge on any atom is 0.0523 e. The predicted molar refractivity (Wildman–Crippen MR) is 65.1 cm³/mol. The molecule has 0 saturated heterocycles. The van der Waals surface area contributed by atoms with Crippen molar-refractivity contribution in [3.05, 3.63) is 12.2 Å². The number of allylic oxidation sites excluding steroid dienone is 2. The van der Waals surface area contributed by atoms with Gasteiger partial charge in [-0.1, -0.05) is 32.2 Å². The van der Waals surface area contributed by atoms with E-state index in [4.69, 9.17) is 0 Å². The SMILES string of the molecule is CC=CC[Si](C)(C)CCN(C)CC. The van der Waals surface area contributed by atoms with Gasteiger partial charge < -0.3 is 4.90 Å². The summed E-state index contributed by atoms with van der Waals surface area (Å²) in [4.78, 5) is 2.41. The predicted octanol–water partition coefficient (Wildman–Crippen LogP) is 3.22. The molecule has 0 aliphatic heterocycles. The van der Waals surface area contributed by atoms with Gasteiger partial charge in [0.2, 0.25) is 0 Å². The van der Waals surface area contributed by atoms with E-state index >= 15 is 0 Å². The minimum atomic E-state index is -0.932. The van der Waals surface area contributed by atoms with Crippen LogP contribution in [0.4, 0.5) is 0 Å². The highest BCUT2D eigenvalue weighted by Gasteiger charge is 2.18. The molecule has 2 heteroatoms. The largest absolute Gasteiger partial charge is 0.307 e. The monoisotopic (exact) mass is 199 g/mol. The van der Waals surface area contributed by atoms with Gasteiger partial charge in [-0.15, -0.1) is 0 Å². The van der Waals surface area contributed by atoms with Gasteiger partial charge >= 0.3 is 0 Å². The van der Waals surface area contributed by atoms with E-state index in [2.05, 4.69) is 51.0 Å². The summed E-state index contributed by atoms with van der Waals surface area (Å²) < 4.78 is 0. The summed E-state index contributed by atoms with van der Waals surface area (Å²) in [5.41, 5.74) is 0. The third kappa shape index (κ3) is 7.02. The van der Waals surface area contributed by atoms with E-state index < -0.39 is 8.07 Å². The Kier molecular flexibility index (Phi) is 6.34. The lowest BCUT2D eigenvalue weighted by atomic mass is 10.6. The Morgan fingerprint density at radius 2 is 1.92 bits per heavy atom. The van der Waals surface area contributed by atoms with Crippen LogP contribution in [0.15, 0.2) is 12.2 Å². The molecule has 0 aliphatic rings. The Morgan fingerprint density at radius 3 is 2.38 bits per heavy atom. The average Bonchev–Trinajstić information content (AvgIpc) is 2.11. The van der Waals surface area contributed by atoms with Crippen LogP contribution >= 0.6 is 0 Å². The molecular weight excluding hydrogens is 174 g/mol. The lowest BCUT2D eigenvalue weighted by Gasteiger charge is -2.23. The van der Waals surface area contributed by atoms with Crippen molar-refractivity contribution < 1.29 is 0 Å². The molecule has 0 N–H and O–H groups in total. The number of nitrogens with zero attached hydrogens (tertiary/aromatic N) is 1. The van der Waals surface area contributed by atoms with E-state index in [1.807, 2.05) is 0 Å². The fourth-order valence-corrected chi connectivity index (χ4v) is 3.26. The molecule has 0 radical (unpaired) electrons. The fourth-order valence-electron chi connectivity index (χ4n) is 1.19. The second kappa shape index (κ2) is 6.38. The molecule has 0 aromatic heterocycles. The summed E-state index contributed by atoms with van der Waals surface area (Å²) in [6.45, 7) is 11.7. The van der Waals surface area contributed by atoms with Crippen molar-refractivity contribution in [3.63, 3.8) is 0 Å². The van der Waals surface area contributed by atoms with Gasteiger partial charge in [0.15, 0.2) is 0 Å². The summed E-state index contributed by atoms with van der Waals surface area (Å²) in [6, 6.07) is 2.75. The van der Waals surface area contributed by atoms with Crippen LogP contribution < -0.4 is 0 Å². The van der Waals surface area contributed by atoms with E-state index in [9.17, 15) is 0 Å². The molecule has 0 aromatic carbocycles. The van der Waals surface area contributed by atoms with E-state index in [-0.39, 0.29) is 0 Å². The molecule has 0 heterocycles. The van der Waals surface area contributed by atoms with E-state index in [1.165, 1.54) is 25.2 Å². The second-order valence-electron chi connectivity index (χ2n) is 4.58. The molecule has 0 rings (SSSR count). The van der Waals surface area contributed by atoms with Gasteiger partial charge in [-0.25, -0.2) is 0 Å². The first-order valence-corrected chi connectivity index (χ1v) is 8.73. The Morgan fingerprint density at radius 1 is 1.31 bits per heavy atom. The van der Waals surface area contributed by atoms with E-state index in [0.717, 1.165) is 0 Å². The van der Waals surface area contributed by atoms with Crippen molar-refractivity contribution >= 4 is 8.07 Å². The minimum absolute atomic E-state index is 0.932. The molecule has 0 fully saturated rings. The minimum Gasteiger partial charge on any atom is -0.307 e. The number of hydrogen-bond donors (Lipinski definition) is 0. The van der Waals surface area contributed by atoms with Crippen molar-refractivity contribution in [3.8, 4) is 0 Å². The van der Waals surface area contributed by atoms with E-state index in [0.29, 0.717) is 0 Å². The Hall–Kier alpha value is -0.0831. The van der Waals surface area contributed by atoms with Crippen LogP contribution in [-0.2, 0) is 0 Å². The van der Waals surface area contributed by atoms with Crippen LogP contribution in [0, 0.1) is 0 Å². The van der Waals surface area contributed by atoms with Gasteiger partial charge in [0, 0.05) is 0 Å². The van der Waals surface area contributed by atoms with Crippen LogP contribution in [0.25, 0.3) is 0 Å². The first-order valence-electron chi connectivity index (χ1n) is 5.31. The topological polar surface area (TPSA) is 3.24 Å². The lowest BCUT2D eigenvalue weighted by molar-refractivity contribution is 0.371. The zero-order valence-electron chi connectivity index (χ0n) is 9.93. The molecule has 0 unspecified atom stereocenters. The van der Waals surface area contributed by atoms with Gasteiger partial charge in [-0.3, -0.25) is 0 Å². The molecule has 0 amide bonds. The lowest BCUT2D eigenvalue weighted by Crippen LogP contribution is -2.31. The molecule has 0 atom stereocenters. The van der Waals surface area contributed by atoms with Crippen molar-refractivity contribution in [1.29, 1.82) is 0 Å². The molecule has 0 saturated carbocycles. The highest BCUT2D eigenvalue weighted by Crippen LogP contribution is 2.16. The van der Waals surface area contributed by atoms with Crippen LogP contribution in [-0.4, -0.2) is 33.1 Å². The van der Waals surface area contributed by atoms with Gasteiger partial charge in [-0.2, -0.15) is 0 Å². The van der Waals surface area contributed by atoms with Gasteiger partial charge in [0.05, 0.1) is 8.07 Å². The summed E-state index contributed by atoms with van der Waals surface area (Å²) in [5.74, 6) is 0. The average molecular weight is 199 g/mol. The van der Waals surface area contributed by atoms with Crippen LogP contribution in [0.1, 0.15) is 13.8 Å². The third-order valence-electron chi connectivity index (χ3n) is 2.62. The molecular formula is C11H25NSi. The first-order chi connectivity index (χ1) is 6.02. The molecule has 1 nitrogen and oxygen atoms in total. The quantitative estimate of drug-likeness (QED) is 0.469. The van der Waals surface area contributed by atoms with Gasteiger partial charge in [0.25, 0.3) is 0 Å². The molecule has 78 valence electrons.